The van der Waals surface area contributed by atoms with Crippen LogP contribution in [0.15, 0.2) is 108 Å². The molecular formula is C29H24BrN3O3S. The van der Waals surface area contributed by atoms with E-state index in [1.165, 1.54) is 0 Å². The van der Waals surface area contributed by atoms with E-state index in [2.05, 4.69) is 31.9 Å². The van der Waals surface area contributed by atoms with Crippen LogP contribution in [0.1, 0.15) is 26.3 Å². The summed E-state index contributed by atoms with van der Waals surface area (Å²) in [5.41, 5.74) is 3.40. The predicted molar refractivity (Wildman–Crippen MR) is 154 cm³/mol. The van der Waals surface area contributed by atoms with Crippen LogP contribution in [0.3, 0.4) is 0 Å². The molecule has 8 heteroatoms. The zero-order valence-electron chi connectivity index (χ0n) is 19.7. The van der Waals surface area contributed by atoms with E-state index >= 15 is 0 Å². The first-order valence-electron chi connectivity index (χ1n) is 11.5. The van der Waals surface area contributed by atoms with Gasteiger partial charge in [0.15, 0.2) is 5.11 Å². The van der Waals surface area contributed by atoms with Crippen LogP contribution in [0.4, 0.5) is 11.4 Å². The first kappa shape index (κ1) is 26.1. The van der Waals surface area contributed by atoms with Crippen molar-refractivity contribution in [1.82, 2.24) is 5.32 Å². The van der Waals surface area contributed by atoms with Gasteiger partial charge in [-0.25, -0.2) is 0 Å². The molecule has 0 heterocycles. The Labute approximate surface area is 229 Å². The summed E-state index contributed by atoms with van der Waals surface area (Å²) < 4.78 is 6.66. The Balaban J connectivity index is 1.32. The molecule has 4 aromatic rings. The van der Waals surface area contributed by atoms with Crippen LogP contribution in [-0.4, -0.2) is 23.5 Å². The number of carbonyl (C=O) groups excluding carboxylic acids is 2. The first-order chi connectivity index (χ1) is 18.0. The number of hydrogen-bond donors (Lipinski definition) is 3. The van der Waals surface area contributed by atoms with Crippen LogP contribution in [0, 0.1) is 0 Å². The van der Waals surface area contributed by atoms with Crippen molar-refractivity contribution in [2.75, 3.05) is 17.2 Å². The van der Waals surface area contributed by atoms with E-state index in [0.717, 1.165) is 16.5 Å². The minimum absolute atomic E-state index is 0.140. The van der Waals surface area contributed by atoms with Gasteiger partial charge in [0.2, 0.25) is 0 Å². The zero-order valence-corrected chi connectivity index (χ0v) is 22.1. The lowest BCUT2D eigenvalue weighted by atomic mass is 10.1. The smallest absolute Gasteiger partial charge is 0.261 e. The molecule has 0 bridgehead atoms. The lowest BCUT2D eigenvalue weighted by Gasteiger charge is -2.14. The van der Waals surface area contributed by atoms with Crippen molar-refractivity contribution >= 4 is 56.4 Å². The van der Waals surface area contributed by atoms with Crippen LogP contribution in [-0.2, 0) is 6.42 Å². The quantitative estimate of drug-likeness (QED) is 0.211. The molecule has 0 spiro atoms. The van der Waals surface area contributed by atoms with E-state index in [-0.39, 0.29) is 16.9 Å². The largest absolute Gasteiger partial charge is 0.492 e. The summed E-state index contributed by atoms with van der Waals surface area (Å²) >= 11 is 8.76. The normalized spacial score (nSPS) is 10.3. The number of hydrogen-bond acceptors (Lipinski definition) is 4. The number of halogens is 1. The minimum Gasteiger partial charge on any atom is -0.492 e. The lowest BCUT2D eigenvalue weighted by molar-refractivity contribution is 0.0972. The molecule has 0 saturated carbocycles. The predicted octanol–water partition coefficient (Wildman–Crippen LogP) is 6.45. The highest BCUT2D eigenvalue weighted by atomic mass is 79.9. The molecule has 0 atom stereocenters. The van der Waals surface area contributed by atoms with E-state index in [1.807, 2.05) is 54.6 Å². The lowest BCUT2D eigenvalue weighted by Crippen LogP contribution is -2.34. The summed E-state index contributed by atoms with van der Waals surface area (Å²) in [5.74, 6) is -0.113. The number of amides is 2. The third-order valence-corrected chi connectivity index (χ3v) is 6.04. The number of benzene rings is 4. The van der Waals surface area contributed by atoms with Crippen molar-refractivity contribution < 1.29 is 14.3 Å². The topological polar surface area (TPSA) is 79.5 Å². The van der Waals surface area contributed by atoms with Crippen molar-refractivity contribution in [3.8, 4) is 5.75 Å². The fourth-order valence-electron chi connectivity index (χ4n) is 3.49. The third-order valence-electron chi connectivity index (χ3n) is 5.34. The fraction of sp³-hybridized carbons (Fsp3) is 0.0690. The Hall–Kier alpha value is -4.01. The summed E-state index contributed by atoms with van der Waals surface area (Å²) in [5, 5.41) is 8.67. The van der Waals surface area contributed by atoms with Gasteiger partial charge in [-0.2, -0.15) is 0 Å². The maximum Gasteiger partial charge on any atom is 0.261 e. The second-order valence-corrected chi connectivity index (χ2v) is 9.35. The second kappa shape index (κ2) is 12.8. The molecule has 0 aliphatic heterocycles. The molecule has 0 aliphatic rings. The van der Waals surface area contributed by atoms with E-state index in [9.17, 15) is 9.59 Å². The van der Waals surface area contributed by atoms with Gasteiger partial charge in [-0.05, 0) is 72.4 Å². The Morgan fingerprint density at radius 2 is 1.38 bits per heavy atom. The zero-order chi connectivity index (χ0) is 26.0. The fourth-order valence-corrected chi connectivity index (χ4v) is 4.06. The van der Waals surface area contributed by atoms with E-state index in [1.54, 1.807) is 48.5 Å². The SMILES string of the molecule is O=C(Nc1ccc(NC(=S)NC(=O)c2cc(Br)ccc2OCCc2ccccc2)cc1)c1ccccc1. The number of rotatable bonds is 8. The van der Waals surface area contributed by atoms with Gasteiger partial charge in [0.25, 0.3) is 11.8 Å². The number of nitrogens with one attached hydrogen (secondary N) is 3. The molecule has 0 unspecified atom stereocenters. The molecule has 0 radical (unpaired) electrons. The van der Waals surface area contributed by atoms with Crippen molar-refractivity contribution in [2.24, 2.45) is 0 Å². The number of anilines is 2. The first-order valence-corrected chi connectivity index (χ1v) is 12.7. The van der Waals surface area contributed by atoms with Gasteiger partial charge in [-0.15, -0.1) is 0 Å². The van der Waals surface area contributed by atoms with Crippen molar-refractivity contribution in [3.63, 3.8) is 0 Å². The Kier molecular flexibility index (Phi) is 9.02. The molecule has 0 saturated heterocycles. The summed E-state index contributed by atoms with van der Waals surface area (Å²) in [6.07, 6.45) is 0.722. The molecule has 4 aromatic carbocycles. The average Bonchev–Trinajstić information content (AvgIpc) is 2.91. The molecule has 0 aromatic heterocycles. The van der Waals surface area contributed by atoms with Gasteiger partial charge in [-0.3, -0.25) is 14.9 Å². The average molecular weight is 575 g/mol. The van der Waals surface area contributed by atoms with Crippen LogP contribution >= 0.6 is 28.1 Å². The van der Waals surface area contributed by atoms with Crippen LogP contribution in [0.5, 0.6) is 5.75 Å². The Bertz CT molecular complexity index is 1380. The van der Waals surface area contributed by atoms with Crippen LogP contribution < -0.4 is 20.7 Å². The summed E-state index contributed by atoms with van der Waals surface area (Å²) in [6, 6.07) is 31.3. The maximum absolute atomic E-state index is 13.0. The molecule has 37 heavy (non-hydrogen) atoms. The summed E-state index contributed by atoms with van der Waals surface area (Å²) in [6.45, 7) is 0.432. The van der Waals surface area contributed by atoms with E-state index < -0.39 is 0 Å². The molecule has 4 rings (SSSR count). The Morgan fingerprint density at radius 1 is 0.757 bits per heavy atom. The standard InChI is InChI=1S/C29H24BrN3O3S/c30-22-11-16-26(36-18-17-20-7-3-1-4-8-20)25(19-22)28(35)33-29(37)32-24-14-12-23(13-15-24)31-27(34)21-9-5-2-6-10-21/h1-16,19H,17-18H2,(H,31,34)(H2,32,33,35,37). The van der Waals surface area contributed by atoms with Gasteiger partial charge in [0.1, 0.15) is 5.75 Å². The molecular weight excluding hydrogens is 550 g/mol. The van der Waals surface area contributed by atoms with Gasteiger partial charge in [-0.1, -0.05) is 64.5 Å². The molecule has 186 valence electrons. The highest BCUT2D eigenvalue weighted by Gasteiger charge is 2.15. The molecule has 0 aliphatic carbocycles. The van der Waals surface area contributed by atoms with Gasteiger partial charge < -0.3 is 15.4 Å². The summed E-state index contributed by atoms with van der Waals surface area (Å²) in [7, 11) is 0. The second-order valence-electron chi connectivity index (χ2n) is 8.03. The van der Waals surface area contributed by atoms with E-state index in [4.69, 9.17) is 17.0 Å². The van der Waals surface area contributed by atoms with Gasteiger partial charge in [0.05, 0.1) is 12.2 Å². The van der Waals surface area contributed by atoms with Crippen LogP contribution in [0.25, 0.3) is 0 Å². The number of ether oxygens (including phenoxy) is 1. The van der Waals surface area contributed by atoms with Crippen LogP contribution in [0.2, 0.25) is 0 Å². The molecule has 6 nitrogen and oxygen atoms in total. The van der Waals surface area contributed by atoms with Crippen molar-refractivity contribution in [2.45, 2.75) is 6.42 Å². The minimum atomic E-state index is -0.389. The maximum atomic E-state index is 13.0. The highest BCUT2D eigenvalue weighted by Crippen LogP contribution is 2.24. The van der Waals surface area contributed by atoms with E-state index in [0.29, 0.717) is 34.9 Å². The molecule has 3 N–H and O–H groups in total. The number of carbonyl (C=O) groups is 2. The Morgan fingerprint density at radius 3 is 2.05 bits per heavy atom. The summed E-state index contributed by atoms with van der Waals surface area (Å²) in [4.78, 5) is 25.3. The van der Waals surface area contributed by atoms with Gasteiger partial charge in [0, 0.05) is 27.8 Å². The van der Waals surface area contributed by atoms with Gasteiger partial charge >= 0.3 is 0 Å². The molecule has 0 fully saturated rings. The number of thiocarbonyl (C=S) groups is 1. The van der Waals surface area contributed by atoms with Crippen molar-refractivity contribution in [3.05, 3.63) is 124 Å². The molecule has 2 amide bonds. The van der Waals surface area contributed by atoms with Crippen molar-refractivity contribution in [1.29, 1.82) is 0 Å². The third kappa shape index (κ3) is 7.73. The monoisotopic (exact) mass is 573 g/mol. The highest BCUT2D eigenvalue weighted by molar-refractivity contribution is 9.10.